The molecule has 1 unspecified atom stereocenters. The smallest absolute Gasteiger partial charge is 0.0822 e. The topological polar surface area (TPSA) is 38.7 Å². The van der Waals surface area contributed by atoms with Crippen LogP contribution in [-0.2, 0) is 9.62 Å². The predicted molar refractivity (Wildman–Crippen MR) is 57.3 cm³/mol. The monoisotopic (exact) mass is 204 g/mol. The summed E-state index contributed by atoms with van der Waals surface area (Å²) in [5, 5.41) is 8.17. The maximum absolute atomic E-state index is 8.17. The Balaban J connectivity index is 3.02. The van der Waals surface area contributed by atoms with Gasteiger partial charge < -0.3 is 4.74 Å². The van der Waals surface area contributed by atoms with E-state index >= 15 is 0 Å². The van der Waals surface area contributed by atoms with Crippen LogP contribution in [0.25, 0.3) is 0 Å². The first-order valence-corrected chi connectivity index (χ1v) is 5.65. The average Bonchev–Trinajstić information content (AvgIpc) is 2.20. The molecule has 14 heavy (non-hydrogen) atoms. The second-order valence-corrected chi connectivity index (χ2v) is 3.77. The molecule has 0 saturated heterocycles. The summed E-state index contributed by atoms with van der Waals surface area (Å²) in [6.07, 6.45) is 5.82. The number of hydrogen-bond acceptors (Lipinski definition) is 3. The Hall–Kier alpha value is -0.120. The van der Waals surface area contributed by atoms with Gasteiger partial charge in [0.1, 0.15) is 0 Å². The van der Waals surface area contributed by atoms with E-state index in [1.807, 2.05) is 6.92 Å². The molecule has 0 aliphatic carbocycles. The highest BCUT2D eigenvalue weighted by atomic mass is 17.1. The minimum Gasteiger partial charge on any atom is -0.382 e. The van der Waals surface area contributed by atoms with Crippen molar-refractivity contribution in [3.05, 3.63) is 0 Å². The molecule has 0 rings (SSSR count). The zero-order valence-corrected chi connectivity index (χ0v) is 9.50. The van der Waals surface area contributed by atoms with Crippen LogP contribution in [0.2, 0.25) is 0 Å². The molecule has 0 aromatic heterocycles. The number of unbranched alkanes of at least 4 members (excludes halogenated alkanes) is 2. The van der Waals surface area contributed by atoms with Crippen molar-refractivity contribution in [3.8, 4) is 0 Å². The quantitative estimate of drug-likeness (QED) is 0.337. The van der Waals surface area contributed by atoms with Crippen molar-refractivity contribution in [2.75, 3.05) is 19.8 Å². The summed E-state index contributed by atoms with van der Waals surface area (Å²) in [4.78, 5) is 4.05. The van der Waals surface area contributed by atoms with Crippen LogP contribution in [0.3, 0.4) is 0 Å². The van der Waals surface area contributed by atoms with E-state index in [1.54, 1.807) is 0 Å². The van der Waals surface area contributed by atoms with Gasteiger partial charge in [0, 0.05) is 13.2 Å². The van der Waals surface area contributed by atoms with Gasteiger partial charge in [-0.1, -0.05) is 26.2 Å². The van der Waals surface area contributed by atoms with E-state index in [0.29, 0.717) is 12.5 Å². The molecule has 0 saturated carbocycles. The fraction of sp³-hybridized carbons (Fsp3) is 1.00. The Kier molecular flexibility index (Phi) is 10.9. The predicted octanol–water partition coefficient (Wildman–Crippen LogP) is 3.10. The third-order valence-corrected chi connectivity index (χ3v) is 2.39. The summed E-state index contributed by atoms with van der Waals surface area (Å²) in [6.45, 7) is 6.40. The van der Waals surface area contributed by atoms with Gasteiger partial charge in [-0.2, -0.15) is 0 Å². The van der Waals surface area contributed by atoms with Gasteiger partial charge in [0.2, 0.25) is 0 Å². The molecule has 0 amide bonds. The summed E-state index contributed by atoms with van der Waals surface area (Å²) >= 11 is 0. The molecule has 3 heteroatoms. The molecule has 0 heterocycles. The lowest BCUT2D eigenvalue weighted by Gasteiger charge is -2.09. The first-order valence-electron chi connectivity index (χ1n) is 5.65. The summed E-state index contributed by atoms with van der Waals surface area (Å²) in [6, 6.07) is 0. The summed E-state index contributed by atoms with van der Waals surface area (Å²) in [5.41, 5.74) is 0. The molecule has 0 aliphatic rings. The van der Waals surface area contributed by atoms with Gasteiger partial charge in [0.25, 0.3) is 0 Å². The highest BCUT2D eigenvalue weighted by Crippen LogP contribution is 2.12. The first kappa shape index (κ1) is 13.9. The summed E-state index contributed by atoms with van der Waals surface area (Å²) in [5.74, 6) is 0.647. The Bertz CT molecular complexity index is 107. The van der Waals surface area contributed by atoms with Crippen molar-refractivity contribution in [3.63, 3.8) is 0 Å². The Morgan fingerprint density at radius 1 is 1.07 bits per heavy atom. The number of rotatable bonds is 10. The molecule has 0 aliphatic heterocycles. The average molecular weight is 204 g/mol. The molecule has 86 valence electrons. The van der Waals surface area contributed by atoms with Crippen molar-refractivity contribution in [1.29, 1.82) is 0 Å². The van der Waals surface area contributed by atoms with Crippen molar-refractivity contribution in [1.82, 2.24) is 0 Å². The normalized spacial score (nSPS) is 13.1. The van der Waals surface area contributed by atoms with Crippen LogP contribution in [-0.4, -0.2) is 25.1 Å². The van der Waals surface area contributed by atoms with E-state index in [9.17, 15) is 0 Å². The van der Waals surface area contributed by atoms with E-state index in [-0.39, 0.29) is 0 Å². The third-order valence-electron chi connectivity index (χ3n) is 2.39. The van der Waals surface area contributed by atoms with Gasteiger partial charge >= 0.3 is 0 Å². The standard InChI is InChI=1S/C11H24O3/c1-3-13-9-6-4-5-7-11(2)8-10-14-12/h11-12H,3-10H2,1-2H3. The zero-order chi connectivity index (χ0) is 10.6. The maximum atomic E-state index is 8.17. The summed E-state index contributed by atoms with van der Waals surface area (Å²) < 4.78 is 5.25. The van der Waals surface area contributed by atoms with Crippen molar-refractivity contribution in [2.24, 2.45) is 5.92 Å². The van der Waals surface area contributed by atoms with E-state index in [2.05, 4.69) is 11.8 Å². The molecule has 0 radical (unpaired) electrons. The van der Waals surface area contributed by atoms with Crippen molar-refractivity contribution in [2.45, 2.75) is 46.0 Å². The number of hydrogen-bond donors (Lipinski definition) is 1. The minimum absolute atomic E-state index is 0.458. The lowest BCUT2D eigenvalue weighted by molar-refractivity contribution is -0.244. The first-order chi connectivity index (χ1) is 6.81. The highest BCUT2D eigenvalue weighted by Gasteiger charge is 2.01. The zero-order valence-electron chi connectivity index (χ0n) is 9.50. The van der Waals surface area contributed by atoms with Crippen LogP contribution in [0, 0.1) is 5.92 Å². The summed E-state index contributed by atoms with van der Waals surface area (Å²) in [7, 11) is 0. The van der Waals surface area contributed by atoms with Gasteiger partial charge in [-0.15, -0.1) is 0 Å². The lowest BCUT2D eigenvalue weighted by atomic mass is 10.0. The molecule has 0 spiro atoms. The van der Waals surface area contributed by atoms with Gasteiger partial charge in [0.05, 0.1) is 6.61 Å². The van der Waals surface area contributed by atoms with Crippen LogP contribution in [0.15, 0.2) is 0 Å². The van der Waals surface area contributed by atoms with Crippen LogP contribution >= 0.6 is 0 Å². The van der Waals surface area contributed by atoms with Gasteiger partial charge in [-0.3, -0.25) is 5.26 Å². The lowest BCUT2D eigenvalue weighted by Crippen LogP contribution is -2.00. The van der Waals surface area contributed by atoms with Gasteiger partial charge in [0.15, 0.2) is 0 Å². The van der Waals surface area contributed by atoms with E-state index < -0.39 is 0 Å². The molecule has 3 nitrogen and oxygen atoms in total. The molecule has 0 fully saturated rings. The molecule has 1 N–H and O–H groups in total. The van der Waals surface area contributed by atoms with Crippen molar-refractivity contribution < 1.29 is 14.9 Å². The van der Waals surface area contributed by atoms with Crippen LogP contribution in [0.4, 0.5) is 0 Å². The van der Waals surface area contributed by atoms with Crippen LogP contribution in [0.1, 0.15) is 46.0 Å². The van der Waals surface area contributed by atoms with Crippen molar-refractivity contribution >= 4 is 0 Å². The second-order valence-electron chi connectivity index (χ2n) is 3.77. The van der Waals surface area contributed by atoms with E-state index in [0.717, 1.165) is 26.1 Å². The number of ether oxygens (including phenoxy) is 1. The molecular weight excluding hydrogens is 180 g/mol. The van der Waals surface area contributed by atoms with Gasteiger partial charge in [-0.25, -0.2) is 4.89 Å². The molecule has 0 bridgehead atoms. The molecular formula is C11H24O3. The Morgan fingerprint density at radius 3 is 2.50 bits per heavy atom. The highest BCUT2D eigenvalue weighted by molar-refractivity contribution is 4.53. The second kappa shape index (κ2) is 11.0. The van der Waals surface area contributed by atoms with Gasteiger partial charge in [-0.05, 0) is 25.7 Å². The molecule has 0 aromatic rings. The SMILES string of the molecule is CCOCCCCCC(C)CCOO. The largest absolute Gasteiger partial charge is 0.382 e. The van der Waals surface area contributed by atoms with Crippen LogP contribution in [0.5, 0.6) is 0 Å². The minimum atomic E-state index is 0.458. The third kappa shape index (κ3) is 9.96. The Labute approximate surface area is 87.3 Å². The molecule has 0 aromatic carbocycles. The fourth-order valence-electron chi connectivity index (χ4n) is 1.42. The Morgan fingerprint density at radius 2 is 1.86 bits per heavy atom. The molecule has 1 atom stereocenters. The van der Waals surface area contributed by atoms with Crippen LogP contribution < -0.4 is 0 Å². The van der Waals surface area contributed by atoms with E-state index in [4.69, 9.17) is 9.99 Å². The maximum Gasteiger partial charge on any atom is 0.0822 e. The fourth-order valence-corrected chi connectivity index (χ4v) is 1.42. The van der Waals surface area contributed by atoms with E-state index in [1.165, 1.54) is 19.3 Å².